The van der Waals surface area contributed by atoms with Gasteiger partial charge in [0.25, 0.3) is 0 Å². The lowest BCUT2D eigenvalue weighted by Crippen LogP contribution is -1.96. The van der Waals surface area contributed by atoms with Crippen LogP contribution in [-0.2, 0) is 0 Å². The highest BCUT2D eigenvalue weighted by atomic mass is 16.5. The van der Waals surface area contributed by atoms with Gasteiger partial charge in [0.05, 0.1) is 33.0 Å². The molecule has 84 valence electrons. The van der Waals surface area contributed by atoms with Gasteiger partial charge >= 0.3 is 0 Å². The summed E-state index contributed by atoms with van der Waals surface area (Å²) >= 11 is 0. The molecule has 0 saturated carbocycles. The van der Waals surface area contributed by atoms with E-state index in [1.54, 1.807) is 12.1 Å². The molecule has 0 saturated heterocycles. The van der Waals surface area contributed by atoms with Gasteiger partial charge in [0, 0.05) is 0 Å². The van der Waals surface area contributed by atoms with E-state index in [-0.39, 0.29) is 0 Å². The van der Waals surface area contributed by atoms with E-state index in [1.807, 2.05) is 6.07 Å². The molecule has 1 aromatic rings. The minimum atomic E-state index is 0.347. The maximum Gasteiger partial charge on any atom is 0.203 e. The summed E-state index contributed by atoms with van der Waals surface area (Å²) in [4.78, 5) is 0. The molecule has 0 aliphatic heterocycles. The molecule has 0 amide bonds. The fourth-order valence-electron chi connectivity index (χ4n) is 1.32. The number of benzene rings is 1. The molecular weight excluding hydrogens is 206 g/mol. The van der Waals surface area contributed by atoms with Gasteiger partial charge in [0.15, 0.2) is 11.5 Å². The molecular formula is C12H13NO3. The summed E-state index contributed by atoms with van der Waals surface area (Å²) in [5.74, 6) is 1.51. The summed E-state index contributed by atoms with van der Waals surface area (Å²) in [6, 6.07) is 5.35. The minimum Gasteiger partial charge on any atom is -0.493 e. The van der Waals surface area contributed by atoms with Crippen LogP contribution in [-0.4, -0.2) is 21.3 Å². The molecule has 0 atom stereocenters. The molecule has 0 aliphatic carbocycles. The Hall–Kier alpha value is -2.15. The van der Waals surface area contributed by atoms with Gasteiger partial charge < -0.3 is 14.2 Å². The van der Waals surface area contributed by atoms with Gasteiger partial charge in [-0.25, -0.2) is 0 Å². The molecule has 0 aliphatic rings. The highest BCUT2D eigenvalue weighted by Gasteiger charge is 2.14. The molecule has 16 heavy (non-hydrogen) atoms. The van der Waals surface area contributed by atoms with Crippen LogP contribution in [0, 0.1) is 11.3 Å². The molecule has 0 fully saturated rings. The predicted octanol–water partition coefficient (Wildman–Crippen LogP) is 2.25. The third-order valence-corrected chi connectivity index (χ3v) is 2.15. The Morgan fingerprint density at radius 2 is 1.62 bits per heavy atom. The van der Waals surface area contributed by atoms with E-state index >= 15 is 0 Å². The van der Waals surface area contributed by atoms with Crippen molar-refractivity contribution in [3.05, 3.63) is 24.3 Å². The van der Waals surface area contributed by atoms with Crippen molar-refractivity contribution in [2.75, 3.05) is 21.3 Å². The predicted molar refractivity (Wildman–Crippen MR) is 60.7 cm³/mol. The first-order chi connectivity index (χ1) is 7.67. The lowest BCUT2D eigenvalue weighted by Gasteiger charge is -2.13. The van der Waals surface area contributed by atoms with Gasteiger partial charge in [0.2, 0.25) is 5.75 Å². The lowest BCUT2D eigenvalue weighted by molar-refractivity contribution is 0.324. The lowest BCUT2D eigenvalue weighted by atomic mass is 10.1. The second kappa shape index (κ2) is 5.08. The van der Waals surface area contributed by atoms with Crippen LogP contribution in [0.1, 0.15) is 5.56 Å². The zero-order chi connectivity index (χ0) is 12.1. The van der Waals surface area contributed by atoms with Gasteiger partial charge in [-0.15, -0.1) is 0 Å². The number of hydrogen-bond donors (Lipinski definition) is 0. The van der Waals surface area contributed by atoms with E-state index in [1.165, 1.54) is 21.3 Å². The number of rotatable bonds is 4. The zero-order valence-electron chi connectivity index (χ0n) is 9.53. The number of nitrogens with zero attached hydrogens (tertiary/aromatic N) is 1. The number of allylic oxidation sites excluding steroid dienone is 1. The van der Waals surface area contributed by atoms with Crippen LogP contribution in [0.4, 0.5) is 0 Å². The molecule has 1 rings (SSSR count). The maximum atomic E-state index is 8.78. The first-order valence-corrected chi connectivity index (χ1v) is 4.57. The molecule has 0 aromatic heterocycles. The van der Waals surface area contributed by atoms with E-state index < -0.39 is 0 Å². The molecule has 0 spiro atoms. The van der Waals surface area contributed by atoms with Crippen molar-refractivity contribution >= 4 is 5.57 Å². The zero-order valence-corrected chi connectivity index (χ0v) is 9.53. The third-order valence-electron chi connectivity index (χ3n) is 2.15. The van der Waals surface area contributed by atoms with Crippen LogP contribution >= 0.6 is 0 Å². The van der Waals surface area contributed by atoms with Gasteiger partial charge in [-0.2, -0.15) is 5.26 Å². The number of methoxy groups -OCH3 is 3. The Morgan fingerprint density at radius 3 is 1.94 bits per heavy atom. The van der Waals surface area contributed by atoms with Crippen molar-refractivity contribution < 1.29 is 14.2 Å². The second-order valence-electron chi connectivity index (χ2n) is 3.00. The average Bonchev–Trinajstić information content (AvgIpc) is 2.35. The topological polar surface area (TPSA) is 51.5 Å². The van der Waals surface area contributed by atoms with Crippen molar-refractivity contribution in [3.63, 3.8) is 0 Å². The minimum absolute atomic E-state index is 0.347. The van der Waals surface area contributed by atoms with E-state index in [2.05, 4.69) is 6.58 Å². The monoisotopic (exact) mass is 219 g/mol. The summed E-state index contributed by atoms with van der Waals surface area (Å²) in [5, 5.41) is 8.78. The molecule has 0 heterocycles. The Bertz CT molecular complexity index is 421. The SMILES string of the molecule is C=C(C#N)c1cc(OC)c(OC)c(OC)c1. The first-order valence-electron chi connectivity index (χ1n) is 4.57. The van der Waals surface area contributed by atoms with Crippen LogP contribution < -0.4 is 14.2 Å². The van der Waals surface area contributed by atoms with E-state index in [4.69, 9.17) is 19.5 Å². The van der Waals surface area contributed by atoms with E-state index in [9.17, 15) is 0 Å². The van der Waals surface area contributed by atoms with Gasteiger partial charge in [-0.3, -0.25) is 0 Å². The standard InChI is InChI=1S/C12H13NO3/c1-8(7-13)9-5-10(14-2)12(16-4)11(6-9)15-3/h5-6H,1H2,2-4H3. The largest absolute Gasteiger partial charge is 0.493 e. The molecule has 0 unspecified atom stereocenters. The Balaban J connectivity index is 3.38. The van der Waals surface area contributed by atoms with Crippen molar-refractivity contribution in [2.24, 2.45) is 0 Å². The van der Waals surface area contributed by atoms with Crippen LogP contribution in [0.25, 0.3) is 5.57 Å². The van der Waals surface area contributed by atoms with Crippen molar-refractivity contribution in [1.29, 1.82) is 5.26 Å². The molecule has 0 bridgehead atoms. The molecule has 4 nitrogen and oxygen atoms in total. The fraction of sp³-hybridized carbons (Fsp3) is 0.250. The van der Waals surface area contributed by atoms with E-state index in [0.717, 1.165) is 0 Å². The summed E-state index contributed by atoms with van der Waals surface area (Å²) in [7, 11) is 4.57. The Morgan fingerprint density at radius 1 is 1.12 bits per heavy atom. The van der Waals surface area contributed by atoms with E-state index in [0.29, 0.717) is 28.4 Å². The molecule has 4 heteroatoms. The second-order valence-corrected chi connectivity index (χ2v) is 3.00. The Kier molecular flexibility index (Phi) is 3.78. The van der Waals surface area contributed by atoms with Crippen LogP contribution in [0.5, 0.6) is 17.2 Å². The van der Waals surface area contributed by atoms with Crippen molar-refractivity contribution in [3.8, 4) is 23.3 Å². The van der Waals surface area contributed by atoms with Gasteiger partial charge in [-0.1, -0.05) is 6.58 Å². The number of ether oxygens (including phenoxy) is 3. The smallest absolute Gasteiger partial charge is 0.203 e. The third kappa shape index (κ3) is 2.09. The number of nitriles is 1. The Labute approximate surface area is 94.7 Å². The molecule has 0 N–H and O–H groups in total. The van der Waals surface area contributed by atoms with Crippen LogP contribution in [0.2, 0.25) is 0 Å². The fourth-order valence-corrected chi connectivity index (χ4v) is 1.32. The normalized spacial score (nSPS) is 9.12. The van der Waals surface area contributed by atoms with Gasteiger partial charge in [0.1, 0.15) is 0 Å². The highest BCUT2D eigenvalue weighted by Crippen LogP contribution is 2.39. The quantitative estimate of drug-likeness (QED) is 0.729. The summed E-state index contributed by atoms with van der Waals surface area (Å²) in [6.07, 6.45) is 0. The molecule has 1 aromatic carbocycles. The van der Waals surface area contributed by atoms with Crippen molar-refractivity contribution in [2.45, 2.75) is 0 Å². The molecule has 0 radical (unpaired) electrons. The highest BCUT2D eigenvalue weighted by molar-refractivity contribution is 5.77. The summed E-state index contributed by atoms with van der Waals surface area (Å²) in [5.41, 5.74) is 0.997. The van der Waals surface area contributed by atoms with Crippen LogP contribution in [0.3, 0.4) is 0 Å². The van der Waals surface area contributed by atoms with Crippen molar-refractivity contribution in [1.82, 2.24) is 0 Å². The van der Waals surface area contributed by atoms with Crippen LogP contribution in [0.15, 0.2) is 18.7 Å². The number of hydrogen-bond acceptors (Lipinski definition) is 4. The summed E-state index contributed by atoms with van der Waals surface area (Å²) in [6.45, 7) is 3.64. The summed E-state index contributed by atoms with van der Waals surface area (Å²) < 4.78 is 15.5. The average molecular weight is 219 g/mol. The van der Waals surface area contributed by atoms with Gasteiger partial charge in [-0.05, 0) is 17.7 Å². The first kappa shape index (κ1) is 11.9. The maximum absolute atomic E-state index is 8.78.